The van der Waals surface area contributed by atoms with Crippen LogP contribution in [0.2, 0.25) is 0 Å². The van der Waals surface area contributed by atoms with Crippen molar-refractivity contribution in [3.05, 3.63) is 55.1 Å². The van der Waals surface area contributed by atoms with E-state index >= 15 is 0 Å². The number of hydrazone groups is 1. The van der Waals surface area contributed by atoms with Crippen LogP contribution in [-0.2, 0) is 13.6 Å². The van der Waals surface area contributed by atoms with Gasteiger partial charge in [-0.05, 0) is 17.7 Å². The molecule has 3 rings (SSSR count). The van der Waals surface area contributed by atoms with E-state index in [1.54, 1.807) is 6.21 Å². The van der Waals surface area contributed by atoms with Crippen molar-refractivity contribution in [1.82, 2.24) is 19.1 Å². The molecular weight excluding hydrogens is 420 g/mol. The fraction of sp³-hybridized carbons (Fsp3) is 0.250. The minimum absolute atomic E-state index is 0.0888. The maximum atomic E-state index is 12.2. The molecule has 3 aromatic rings. The molecule has 10 nitrogen and oxygen atoms in total. The van der Waals surface area contributed by atoms with Gasteiger partial charge in [-0.25, -0.2) is 10.2 Å². The highest BCUT2D eigenvalue weighted by Gasteiger charge is 2.19. The third-order valence-electron chi connectivity index (χ3n) is 3.86. The number of fused-ring (bicyclic) bond motifs is 1. The van der Waals surface area contributed by atoms with Crippen molar-refractivity contribution in [3.63, 3.8) is 0 Å². The summed E-state index contributed by atoms with van der Waals surface area (Å²) in [4.78, 5) is 30.5. The van der Waals surface area contributed by atoms with E-state index in [2.05, 4.69) is 36.4 Å². The Hall–Kier alpha value is -2.76. The Labute approximate surface area is 160 Å². The van der Waals surface area contributed by atoms with Crippen LogP contribution in [0.5, 0.6) is 0 Å². The first-order chi connectivity index (χ1) is 12.9. The Bertz CT molecular complexity index is 1100. The zero-order chi connectivity index (χ0) is 19.6. The van der Waals surface area contributed by atoms with Gasteiger partial charge in [0, 0.05) is 11.5 Å². The number of aryl methyl sites for hydroxylation is 1. The van der Waals surface area contributed by atoms with Crippen LogP contribution in [0.25, 0.3) is 11.2 Å². The van der Waals surface area contributed by atoms with E-state index in [1.165, 1.54) is 16.2 Å². The van der Waals surface area contributed by atoms with Crippen LogP contribution < -0.4 is 16.7 Å². The van der Waals surface area contributed by atoms with Crippen LogP contribution in [0.15, 0.2) is 43.4 Å². The second kappa shape index (κ2) is 7.86. The molecule has 0 saturated heterocycles. The summed E-state index contributed by atoms with van der Waals surface area (Å²) < 4.78 is 3.49. The molecule has 0 bridgehead atoms. The van der Waals surface area contributed by atoms with E-state index in [0.717, 1.165) is 10.0 Å². The maximum absolute atomic E-state index is 12.2. The number of H-pyrrole nitrogens is 1. The smallest absolute Gasteiger partial charge is 0.329 e. The van der Waals surface area contributed by atoms with Gasteiger partial charge in [0.15, 0.2) is 11.2 Å². The molecule has 27 heavy (non-hydrogen) atoms. The van der Waals surface area contributed by atoms with Crippen molar-refractivity contribution >= 4 is 39.3 Å². The molecule has 0 radical (unpaired) electrons. The van der Waals surface area contributed by atoms with E-state index in [9.17, 15) is 14.7 Å². The summed E-state index contributed by atoms with van der Waals surface area (Å²) in [5, 5.41) is 23.0. The molecule has 0 unspecified atom stereocenters. The molecule has 142 valence electrons. The van der Waals surface area contributed by atoms with Crippen molar-refractivity contribution < 1.29 is 10.2 Å². The van der Waals surface area contributed by atoms with Crippen molar-refractivity contribution in [2.24, 2.45) is 12.1 Å². The third kappa shape index (κ3) is 3.99. The number of halogens is 1. The van der Waals surface area contributed by atoms with Gasteiger partial charge in [-0.2, -0.15) is 10.1 Å². The number of benzene rings is 1. The Morgan fingerprint density at radius 1 is 1.37 bits per heavy atom. The Morgan fingerprint density at radius 3 is 2.74 bits per heavy atom. The summed E-state index contributed by atoms with van der Waals surface area (Å²) in [5.74, 6) is 0.151. The highest BCUT2D eigenvalue weighted by Crippen LogP contribution is 2.16. The van der Waals surface area contributed by atoms with E-state index in [0.29, 0.717) is 0 Å². The van der Waals surface area contributed by atoms with Crippen LogP contribution in [0, 0.1) is 0 Å². The zero-order valence-electron chi connectivity index (χ0n) is 14.3. The SMILES string of the molecule is Cn1c(=O)[nH]c(=O)c2c1nc(N/N=C\c1ccc(Br)cc1)n2C[C@H](O)CO. The highest BCUT2D eigenvalue weighted by atomic mass is 79.9. The van der Waals surface area contributed by atoms with E-state index in [4.69, 9.17) is 5.11 Å². The fourth-order valence-electron chi connectivity index (χ4n) is 2.48. The molecule has 0 aliphatic carbocycles. The van der Waals surface area contributed by atoms with Crippen molar-refractivity contribution in [1.29, 1.82) is 0 Å². The second-order valence-electron chi connectivity index (χ2n) is 5.79. The maximum Gasteiger partial charge on any atom is 0.329 e. The summed E-state index contributed by atoms with van der Waals surface area (Å²) in [7, 11) is 1.47. The minimum atomic E-state index is -1.12. The third-order valence-corrected chi connectivity index (χ3v) is 4.39. The quantitative estimate of drug-likeness (QED) is 0.316. The van der Waals surface area contributed by atoms with Crippen LogP contribution >= 0.6 is 15.9 Å². The lowest BCUT2D eigenvalue weighted by molar-refractivity contribution is 0.0825. The Kier molecular flexibility index (Phi) is 5.54. The fourth-order valence-corrected chi connectivity index (χ4v) is 2.74. The van der Waals surface area contributed by atoms with Gasteiger partial charge >= 0.3 is 5.69 Å². The molecule has 1 atom stereocenters. The summed E-state index contributed by atoms with van der Waals surface area (Å²) in [5.41, 5.74) is 2.52. The van der Waals surface area contributed by atoms with Crippen molar-refractivity contribution in [2.75, 3.05) is 12.0 Å². The van der Waals surface area contributed by atoms with Crippen molar-refractivity contribution in [2.45, 2.75) is 12.6 Å². The lowest BCUT2D eigenvalue weighted by atomic mass is 10.2. The minimum Gasteiger partial charge on any atom is -0.394 e. The molecule has 0 aliphatic heterocycles. The first-order valence-corrected chi connectivity index (χ1v) is 8.73. The van der Waals surface area contributed by atoms with Gasteiger partial charge in [0.2, 0.25) is 5.95 Å². The zero-order valence-corrected chi connectivity index (χ0v) is 15.8. The molecule has 2 aromatic heterocycles. The number of anilines is 1. The standard InChI is InChI=1S/C16H17BrN6O4/c1-22-13-12(14(26)20-16(22)27)23(7-11(25)8-24)15(19-13)21-18-6-9-2-4-10(17)5-3-9/h2-6,11,24-25H,7-8H2,1H3,(H,19,21)(H,20,26,27)/b18-6-/t11-/m0/s1. The number of aliphatic hydroxyl groups is 2. The van der Waals surface area contributed by atoms with Crippen LogP contribution in [0.3, 0.4) is 0 Å². The van der Waals surface area contributed by atoms with Crippen LogP contribution in [0.1, 0.15) is 5.56 Å². The number of aromatic nitrogens is 4. The summed E-state index contributed by atoms with van der Waals surface area (Å²) in [6.45, 7) is -0.602. The number of nitrogens with one attached hydrogen (secondary N) is 2. The Balaban J connectivity index is 2.02. The number of rotatable bonds is 6. The number of hydrogen-bond donors (Lipinski definition) is 4. The summed E-state index contributed by atoms with van der Waals surface area (Å²) in [6.07, 6.45) is 0.442. The normalized spacial score (nSPS) is 12.7. The highest BCUT2D eigenvalue weighted by molar-refractivity contribution is 9.10. The molecule has 0 saturated carbocycles. The summed E-state index contributed by atoms with van der Waals surface area (Å²) >= 11 is 3.35. The Morgan fingerprint density at radius 2 is 2.07 bits per heavy atom. The first-order valence-electron chi connectivity index (χ1n) is 7.94. The van der Waals surface area contributed by atoms with Gasteiger partial charge in [0.05, 0.1) is 25.5 Å². The number of nitrogens with zero attached hydrogens (tertiary/aromatic N) is 4. The van der Waals surface area contributed by atoms with Crippen LogP contribution in [-0.4, -0.2) is 48.2 Å². The monoisotopic (exact) mass is 436 g/mol. The average molecular weight is 437 g/mol. The molecule has 11 heteroatoms. The molecule has 0 amide bonds. The van der Waals surface area contributed by atoms with Crippen LogP contribution in [0.4, 0.5) is 5.95 Å². The second-order valence-corrected chi connectivity index (χ2v) is 6.71. The van der Waals surface area contributed by atoms with Gasteiger partial charge in [-0.15, -0.1) is 0 Å². The van der Waals surface area contributed by atoms with E-state index in [-0.39, 0.29) is 23.7 Å². The number of aromatic amines is 1. The number of hydrogen-bond acceptors (Lipinski definition) is 7. The first kappa shape index (κ1) is 19.0. The van der Waals surface area contributed by atoms with Gasteiger partial charge in [-0.1, -0.05) is 28.1 Å². The number of aliphatic hydroxyl groups excluding tert-OH is 2. The van der Waals surface area contributed by atoms with Crippen molar-refractivity contribution in [3.8, 4) is 0 Å². The number of imidazole rings is 1. The molecule has 0 spiro atoms. The molecule has 4 N–H and O–H groups in total. The predicted octanol–water partition coefficient (Wildman–Crippen LogP) is -0.0150. The van der Waals surface area contributed by atoms with Gasteiger partial charge in [-0.3, -0.25) is 14.3 Å². The lowest BCUT2D eigenvalue weighted by Gasteiger charge is -2.11. The van der Waals surface area contributed by atoms with Gasteiger partial charge in [0.25, 0.3) is 5.56 Å². The predicted molar refractivity (Wildman–Crippen MR) is 104 cm³/mol. The van der Waals surface area contributed by atoms with Gasteiger partial charge < -0.3 is 14.8 Å². The molecule has 0 fully saturated rings. The molecule has 0 aliphatic rings. The largest absolute Gasteiger partial charge is 0.394 e. The summed E-state index contributed by atoms with van der Waals surface area (Å²) in [6, 6.07) is 7.43. The molecule has 1 aromatic carbocycles. The average Bonchev–Trinajstić information content (AvgIpc) is 3.00. The lowest BCUT2D eigenvalue weighted by Crippen LogP contribution is -2.30. The van der Waals surface area contributed by atoms with Gasteiger partial charge in [0.1, 0.15) is 0 Å². The van der Waals surface area contributed by atoms with E-state index in [1.807, 2.05) is 24.3 Å². The topological polar surface area (TPSA) is 138 Å². The molecule has 2 heterocycles. The molecular formula is C16H17BrN6O4. The van der Waals surface area contributed by atoms with E-state index < -0.39 is 24.0 Å².